The molecule has 32 heavy (non-hydrogen) atoms. The number of amides is 1. The SMILES string of the molecule is COCC(=O)N1CCN(CC2(O)CCCCCC2)C[C@@](O)(COc2cccc(F)c2F)C1. The lowest BCUT2D eigenvalue weighted by atomic mass is 9.93. The Morgan fingerprint density at radius 3 is 2.47 bits per heavy atom. The van der Waals surface area contributed by atoms with Gasteiger partial charge in [-0.1, -0.05) is 31.7 Å². The number of halogens is 2. The molecule has 1 heterocycles. The molecular formula is C23H34F2N2O5. The van der Waals surface area contributed by atoms with Gasteiger partial charge in [-0.15, -0.1) is 0 Å². The van der Waals surface area contributed by atoms with Crippen LogP contribution in [-0.2, 0) is 9.53 Å². The number of benzene rings is 1. The second-order valence-electron chi connectivity index (χ2n) is 9.16. The Morgan fingerprint density at radius 1 is 1.06 bits per heavy atom. The normalized spacial score (nSPS) is 24.6. The van der Waals surface area contributed by atoms with Gasteiger partial charge in [-0.3, -0.25) is 9.69 Å². The van der Waals surface area contributed by atoms with Crippen LogP contribution in [0.2, 0.25) is 0 Å². The van der Waals surface area contributed by atoms with E-state index in [4.69, 9.17) is 9.47 Å². The molecule has 2 fully saturated rings. The maximum absolute atomic E-state index is 14.0. The van der Waals surface area contributed by atoms with E-state index in [1.165, 1.54) is 24.1 Å². The topological polar surface area (TPSA) is 82.5 Å². The number of hydrogen-bond acceptors (Lipinski definition) is 6. The number of rotatable bonds is 7. The van der Waals surface area contributed by atoms with Crippen molar-refractivity contribution in [3.05, 3.63) is 29.8 Å². The van der Waals surface area contributed by atoms with Crippen molar-refractivity contribution in [2.45, 2.75) is 49.7 Å². The molecule has 0 spiro atoms. The number of β-amino-alcohol motifs (C(OH)–C–C–N with tert-alkyl or cyclic N) is 2. The van der Waals surface area contributed by atoms with Crippen LogP contribution in [0.15, 0.2) is 18.2 Å². The molecule has 7 nitrogen and oxygen atoms in total. The van der Waals surface area contributed by atoms with E-state index in [1.54, 1.807) is 0 Å². The highest BCUT2D eigenvalue weighted by Gasteiger charge is 2.40. The zero-order valence-electron chi connectivity index (χ0n) is 18.7. The van der Waals surface area contributed by atoms with Crippen molar-refractivity contribution in [2.75, 3.05) is 53.0 Å². The van der Waals surface area contributed by atoms with Crippen LogP contribution in [0.4, 0.5) is 8.78 Å². The molecule has 0 aromatic heterocycles. The molecule has 0 bridgehead atoms. The van der Waals surface area contributed by atoms with Crippen LogP contribution in [0.1, 0.15) is 38.5 Å². The first-order chi connectivity index (χ1) is 15.2. The number of carbonyl (C=O) groups is 1. The molecule has 1 aromatic carbocycles. The van der Waals surface area contributed by atoms with Crippen LogP contribution in [0.25, 0.3) is 0 Å². The second-order valence-corrected chi connectivity index (χ2v) is 9.16. The summed E-state index contributed by atoms with van der Waals surface area (Å²) >= 11 is 0. The summed E-state index contributed by atoms with van der Waals surface area (Å²) < 4.78 is 38.0. The first kappa shape index (κ1) is 24.8. The molecule has 2 N–H and O–H groups in total. The highest BCUT2D eigenvalue weighted by Crippen LogP contribution is 2.29. The molecule has 1 atom stereocenters. The molecule has 9 heteroatoms. The fourth-order valence-corrected chi connectivity index (χ4v) is 4.66. The number of ether oxygens (including phenoxy) is 2. The number of methoxy groups -OCH3 is 1. The third-order valence-corrected chi connectivity index (χ3v) is 6.27. The zero-order valence-corrected chi connectivity index (χ0v) is 18.7. The van der Waals surface area contributed by atoms with E-state index in [0.717, 1.165) is 31.7 Å². The minimum atomic E-state index is -1.54. The summed E-state index contributed by atoms with van der Waals surface area (Å²) in [4.78, 5) is 15.9. The van der Waals surface area contributed by atoms with Gasteiger partial charge in [0.1, 0.15) is 18.8 Å². The van der Waals surface area contributed by atoms with E-state index >= 15 is 0 Å². The van der Waals surface area contributed by atoms with Gasteiger partial charge >= 0.3 is 0 Å². The average molecular weight is 457 g/mol. The van der Waals surface area contributed by atoms with Gasteiger partial charge in [-0.05, 0) is 25.0 Å². The van der Waals surface area contributed by atoms with Crippen molar-refractivity contribution < 1.29 is 33.3 Å². The fourth-order valence-electron chi connectivity index (χ4n) is 4.66. The van der Waals surface area contributed by atoms with E-state index in [9.17, 15) is 23.8 Å². The molecule has 1 aliphatic heterocycles. The van der Waals surface area contributed by atoms with Gasteiger partial charge in [0.2, 0.25) is 11.7 Å². The predicted octanol–water partition coefficient (Wildman–Crippen LogP) is 1.95. The zero-order chi connectivity index (χ0) is 23.2. The Labute approximate surface area is 187 Å². The smallest absolute Gasteiger partial charge is 0.248 e. The van der Waals surface area contributed by atoms with Gasteiger partial charge in [0, 0.05) is 33.3 Å². The van der Waals surface area contributed by atoms with E-state index < -0.39 is 22.8 Å². The predicted molar refractivity (Wildman–Crippen MR) is 114 cm³/mol. The lowest BCUT2D eigenvalue weighted by Crippen LogP contribution is -2.54. The average Bonchev–Trinajstić information content (AvgIpc) is 3.05. The molecule has 1 saturated carbocycles. The van der Waals surface area contributed by atoms with Crippen LogP contribution in [0, 0.1) is 11.6 Å². The Bertz CT molecular complexity index is 773. The Hall–Kier alpha value is -1.81. The van der Waals surface area contributed by atoms with Gasteiger partial charge in [-0.2, -0.15) is 4.39 Å². The molecule has 1 aromatic rings. The summed E-state index contributed by atoms with van der Waals surface area (Å²) in [7, 11) is 1.42. The molecular weight excluding hydrogens is 422 g/mol. The summed E-state index contributed by atoms with van der Waals surface area (Å²) in [5, 5.41) is 22.6. The van der Waals surface area contributed by atoms with Crippen LogP contribution >= 0.6 is 0 Å². The fraction of sp³-hybridized carbons (Fsp3) is 0.696. The van der Waals surface area contributed by atoms with E-state index in [0.29, 0.717) is 32.5 Å². The van der Waals surface area contributed by atoms with Crippen molar-refractivity contribution in [2.24, 2.45) is 0 Å². The largest absolute Gasteiger partial charge is 0.487 e. The third-order valence-electron chi connectivity index (χ3n) is 6.27. The lowest BCUT2D eigenvalue weighted by Gasteiger charge is -2.36. The molecule has 3 rings (SSSR count). The minimum absolute atomic E-state index is 0.0406. The molecule has 0 radical (unpaired) electrons. The highest BCUT2D eigenvalue weighted by atomic mass is 19.2. The second kappa shape index (κ2) is 10.9. The molecule has 1 amide bonds. The van der Waals surface area contributed by atoms with Gasteiger partial charge in [0.25, 0.3) is 0 Å². The summed E-state index contributed by atoms with van der Waals surface area (Å²) in [6.45, 7) is 0.821. The minimum Gasteiger partial charge on any atom is -0.487 e. The van der Waals surface area contributed by atoms with Crippen molar-refractivity contribution in [3.63, 3.8) is 0 Å². The summed E-state index contributed by atoms with van der Waals surface area (Å²) in [6.07, 6.45) is 5.49. The first-order valence-electron chi connectivity index (χ1n) is 11.2. The number of hydrogen-bond donors (Lipinski definition) is 2. The number of carbonyl (C=O) groups excluding carboxylic acids is 1. The summed E-state index contributed by atoms with van der Waals surface area (Å²) in [5.74, 6) is -2.74. The summed E-state index contributed by atoms with van der Waals surface area (Å²) in [6, 6.07) is 3.61. The Balaban J connectivity index is 1.76. The maximum atomic E-state index is 14.0. The monoisotopic (exact) mass is 456 g/mol. The standard InChI is InChI=1S/C23H34F2N2O5/c1-31-13-20(28)27-12-11-26(14-22(29)9-4-2-3-5-10-22)15-23(30,16-27)17-32-19-8-6-7-18(24)21(19)25/h6-8,29-30H,2-5,9-17H2,1H3/t23-/m0/s1. The van der Waals surface area contributed by atoms with Crippen LogP contribution in [-0.4, -0.2) is 90.2 Å². The van der Waals surface area contributed by atoms with E-state index in [1.807, 2.05) is 4.90 Å². The molecule has 1 aliphatic carbocycles. The first-order valence-corrected chi connectivity index (χ1v) is 11.2. The van der Waals surface area contributed by atoms with E-state index in [-0.39, 0.29) is 38.0 Å². The molecule has 180 valence electrons. The molecule has 2 aliphatic rings. The van der Waals surface area contributed by atoms with Crippen LogP contribution in [0.3, 0.4) is 0 Å². The van der Waals surface area contributed by atoms with Crippen LogP contribution < -0.4 is 4.74 Å². The van der Waals surface area contributed by atoms with Crippen LogP contribution in [0.5, 0.6) is 5.75 Å². The molecule has 0 unspecified atom stereocenters. The van der Waals surface area contributed by atoms with Crippen molar-refractivity contribution in [1.82, 2.24) is 9.80 Å². The lowest BCUT2D eigenvalue weighted by molar-refractivity contribution is -0.138. The number of nitrogens with zero attached hydrogens (tertiary/aromatic N) is 2. The third kappa shape index (κ3) is 6.60. The molecule has 1 saturated heterocycles. The highest BCUT2D eigenvalue weighted by molar-refractivity contribution is 5.77. The Morgan fingerprint density at radius 2 is 1.78 bits per heavy atom. The van der Waals surface area contributed by atoms with Gasteiger partial charge in [0.05, 0.1) is 12.1 Å². The number of aliphatic hydroxyl groups is 2. The quantitative estimate of drug-likeness (QED) is 0.611. The van der Waals surface area contributed by atoms with Gasteiger partial charge in [-0.25, -0.2) is 4.39 Å². The van der Waals surface area contributed by atoms with Crippen molar-refractivity contribution >= 4 is 5.91 Å². The van der Waals surface area contributed by atoms with Crippen molar-refractivity contribution in [1.29, 1.82) is 0 Å². The summed E-state index contributed by atoms with van der Waals surface area (Å²) in [5.41, 5.74) is -2.39. The maximum Gasteiger partial charge on any atom is 0.248 e. The van der Waals surface area contributed by atoms with Crippen molar-refractivity contribution in [3.8, 4) is 5.75 Å². The van der Waals surface area contributed by atoms with E-state index in [2.05, 4.69) is 0 Å². The van der Waals surface area contributed by atoms with Gasteiger partial charge in [0.15, 0.2) is 11.6 Å². The Kier molecular flexibility index (Phi) is 8.43. The van der Waals surface area contributed by atoms with Gasteiger partial charge < -0.3 is 24.6 Å².